The standard InChI is InChI=1S/C11H13N5O/c1-8-3-5-9(6-4-8)11(17)16(2)7-10-12-14-15-13-10/h3-6H,7H2,1-2H3,(H,12,13,14,15). The average molecular weight is 231 g/mol. The molecule has 0 saturated carbocycles. The van der Waals surface area contributed by atoms with Crippen LogP contribution in [0.3, 0.4) is 0 Å². The van der Waals surface area contributed by atoms with Crippen molar-refractivity contribution in [3.8, 4) is 0 Å². The predicted octanol–water partition coefficient (Wildman–Crippen LogP) is 0.780. The van der Waals surface area contributed by atoms with Crippen molar-refractivity contribution >= 4 is 5.91 Å². The van der Waals surface area contributed by atoms with Crippen molar-refractivity contribution in [1.82, 2.24) is 25.5 Å². The van der Waals surface area contributed by atoms with Crippen molar-refractivity contribution in [2.45, 2.75) is 13.5 Å². The van der Waals surface area contributed by atoms with E-state index >= 15 is 0 Å². The molecule has 1 N–H and O–H groups in total. The minimum Gasteiger partial charge on any atom is -0.334 e. The second-order valence-electron chi connectivity index (χ2n) is 3.86. The van der Waals surface area contributed by atoms with Crippen LogP contribution in [0.25, 0.3) is 0 Å². The van der Waals surface area contributed by atoms with E-state index in [9.17, 15) is 4.79 Å². The maximum atomic E-state index is 12.0. The number of aromatic amines is 1. The minimum atomic E-state index is -0.0604. The van der Waals surface area contributed by atoms with Gasteiger partial charge in [0.2, 0.25) is 0 Å². The number of carbonyl (C=O) groups excluding carboxylic acids is 1. The molecular formula is C11H13N5O. The van der Waals surface area contributed by atoms with Crippen molar-refractivity contribution < 1.29 is 4.79 Å². The van der Waals surface area contributed by atoms with Gasteiger partial charge >= 0.3 is 0 Å². The first kappa shape index (κ1) is 11.3. The maximum Gasteiger partial charge on any atom is 0.254 e. The van der Waals surface area contributed by atoms with Gasteiger partial charge in [0.25, 0.3) is 5.91 Å². The minimum absolute atomic E-state index is 0.0604. The second-order valence-corrected chi connectivity index (χ2v) is 3.86. The number of rotatable bonds is 3. The SMILES string of the molecule is Cc1ccc(C(=O)N(C)Cc2nn[nH]n2)cc1. The normalized spacial score (nSPS) is 10.2. The Morgan fingerprint density at radius 1 is 1.35 bits per heavy atom. The van der Waals surface area contributed by atoms with E-state index in [1.807, 2.05) is 31.2 Å². The van der Waals surface area contributed by atoms with E-state index in [-0.39, 0.29) is 5.91 Å². The van der Waals surface area contributed by atoms with Crippen molar-refractivity contribution in [3.63, 3.8) is 0 Å². The lowest BCUT2D eigenvalue weighted by atomic mass is 10.1. The van der Waals surface area contributed by atoms with Gasteiger partial charge in [-0.25, -0.2) is 0 Å². The summed E-state index contributed by atoms with van der Waals surface area (Å²) in [7, 11) is 1.71. The highest BCUT2D eigenvalue weighted by Gasteiger charge is 2.13. The van der Waals surface area contributed by atoms with E-state index in [0.29, 0.717) is 17.9 Å². The molecule has 0 unspecified atom stereocenters. The van der Waals surface area contributed by atoms with Crippen LogP contribution in [-0.4, -0.2) is 38.5 Å². The van der Waals surface area contributed by atoms with Gasteiger partial charge in [-0.2, -0.15) is 5.21 Å². The summed E-state index contributed by atoms with van der Waals surface area (Å²) in [5.41, 5.74) is 1.78. The molecule has 1 heterocycles. The third-order valence-electron chi connectivity index (χ3n) is 2.41. The average Bonchev–Trinajstić information content (AvgIpc) is 2.82. The molecule has 0 aliphatic rings. The molecule has 0 aliphatic heterocycles. The number of benzene rings is 1. The van der Waals surface area contributed by atoms with E-state index in [4.69, 9.17) is 0 Å². The Kier molecular flexibility index (Phi) is 3.13. The number of H-pyrrole nitrogens is 1. The van der Waals surface area contributed by atoms with Crippen LogP contribution in [0.15, 0.2) is 24.3 Å². The second kappa shape index (κ2) is 4.73. The summed E-state index contributed by atoms with van der Waals surface area (Å²) in [6.45, 7) is 2.32. The summed E-state index contributed by atoms with van der Waals surface area (Å²) in [5, 5.41) is 13.4. The molecule has 0 radical (unpaired) electrons. The van der Waals surface area contributed by atoms with E-state index < -0.39 is 0 Å². The van der Waals surface area contributed by atoms with Crippen LogP contribution < -0.4 is 0 Å². The van der Waals surface area contributed by atoms with Gasteiger partial charge in [0, 0.05) is 12.6 Å². The predicted molar refractivity (Wildman–Crippen MR) is 61.2 cm³/mol. The van der Waals surface area contributed by atoms with Crippen LogP contribution in [0.1, 0.15) is 21.7 Å². The highest BCUT2D eigenvalue weighted by atomic mass is 16.2. The Bertz CT molecular complexity index is 491. The van der Waals surface area contributed by atoms with Crippen molar-refractivity contribution in [3.05, 3.63) is 41.2 Å². The monoisotopic (exact) mass is 231 g/mol. The Morgan fingerprint density at radius 2 is 2.06 bits per heavy atom. The fraction of sp³-hybridized carbons (Fsp3) is 0.273. The van der Waals surface area contributed by atoms with Crippen LogP contribution in [-0.2, 0) is 6.54 Å². The van der Waals surface area contributed by atoms with Gasteiger partial charge in [-0.05, 0) is 19.1 Å². The Balaban J connectivity index is 2.07. The highest BCUT2D eigenvalue weighted by molar-refractivity contribution is 5.93. The number of tetrazole rings is 1. The van der Waals surface area contributed by atoms with Gasteiger partial charge in [-0.3, -0.25) is 4.79 Å². The lowest BCUT2D eigenvalue weighted by Gasteiger charge is -2.14. The van der Waals surface area contributed by atoms with E-state index in [1.54, 1.807) is 11.9 Å². The van der Waals surface area contributed by atoms with Crippen LogP contribution in [0.2, 0.25) is 0 Å². The topological polar surface area (TPSA) is 74.8 Å². The number of nitrogens with one attached hydrogen (secondary N) is 1. The molecular weight excluding hydrogens is 218 g/mol. The number of carbonyl (C=O) groups is 1. The summed E-state index contributed by atoms with van der Waals surface area (Å²) in [6.07, 6.45) is 0. The van der Waals surface area contributed by atoms with Gasteiger partial charge in [-0.1, -0.05) is 22.9 Å². The van der Waals surface area contributed by atoms with Gasteiger partial charge in [-0.15, -0.1) is 10.2 Å². The zero-order chi connectivity index (χ0) is 12.3. The molecule has 1 aromatic carbocycles. The van der Waals surface area contributed by atoms with Crippen molar-refractivity contribution in [1.29, 1.82) is 0 Å². The molecule has 6 heteroatoms. The van der Waals surface area contributed by atoms with Crippen LogP contribution in [0.5, 0.6) is 0 Å². The van der Waals surface area contributed by atoms with E-state index in [2.05, 4.69) is 20.6 Å². The van der Waals surface area contributed by atoms with Gasteiger partial charge in [0.1, 0.15) is 0 Å². The maximum absolute atomic E-state index is 12.0. The summed E-state index contributed by atoms with van der Waals surface area (Å²) < 4.78 is 0. The third-order valence-corrected chi connectivity index (χ3v) is 2.41. The molecule has 0 saturated heterocycles. The first-order valence-corrected chi connectivity index (χ1v) is 5.21. The molecule has 0 fully saturated rings. The number of hydrogen-bond acceptors (Lipinski definition) is 4. The first-order chi connectivity index (χ1) is 8.16. The Hall–Kier alpha value is -2.24. The summed E-state index contributed by atoms with van der Waals surface area (Å²) in [4.78, 5) is 13.6. The molecule has 17 heavy (non-hydrogen) atoms. The quantitative estimate of drug-likeness (QED) is 0.847. The highest BCUT2D eigenvalue weighted by Crippen LogP contribution is 2.07. The third kappa shape index (κ3) is 2.66. The first-order valence-electron chi connectivity index (χ1n) is 5.21. The Morgan fingerprint density at radius 3 is 2.65 bits per heavy atom. The number of hydrogen-bond donors (Lipinski definition) is 1. The summed E-state index contributed by atoms with van der Waals surface area (Å²) in [5.74, 6) is 0.433. The molecule has 1 aromatic heterocycles. The van der Waals surface area contributed by atoms with Crippen LogP contribution >= 0.6 is 0 Å². The summed E-state index contributed by atoms with van der Waals surface area (Å²) >= 11 is 0. The van der Waals surface area contributed by atoms with Crippen LogP contribution in [0.4, 0.5) is 0 Å². The van der Waals surface area contributed by atoms with Crippen LogP contribution in [0, 0.1) is 6.92 Å². The fourth-order valence-corrected chi connectivity index (χ4v) is 1.45. The zero-order valence-electron chi connectivity index (χ0n) is 9.71. The van der Waals surface area contributed by atoms with E-state index in [0.717, 1.165) is 5.56 Å². The number of nitrogens with zero attached hydrogens (tertiary/aromatic N) is 4. The van der Waals surface area contributed by atoms with E-state index in [1.165, 1.54) is 0 Å². The molecule has 2 aromatic rings. The largest absolute Gasteiger partial charge is 0.334 e. The lowest BCUT2D eigenvalue weighted by Crippen LogP contribution is -2.26. The molecule has 0 aliphatic carbocycles. The fourth-order valence-electron chi connectivity index (χ4n) is 1.45. The molecule has 0 bridgehead atoms. The molecule has 0 spiro atoms. The van der Waals surface area contributed by atoms with Crippen molar-refractivity contribution in [2.75, 3.05) is 7.05 Å². The lowest BCUT2D eigenvalue weighted by molar-refractivity contribution is 0.0781. The number of aryl methyl sites for hydroxylation is 1. The summed E-state index contributed by atoms with van der Waals surface area (Å²) in [6, 6.07) is 7.44. The zero-order valence-corrected chi connectivity index (χ0v) is 9.71. The van der Waals surface area contributed by atoms with Gasteiger partial charge in [0.15, 0.2) is 5.82 Å². The van der Waals surface area contributed by atoms with Gasteiger partial charge in [0.05, 0.1) is 6.54 Å². The van der Waals surface area contributed by atoms with Crippen molar-refractivity contribution in [2.24, 2.45) is 0 Å². The molecule has 2 rings (SSSR count). The molecule has 1 amide bonds. The van der Waals surface area contributed by atoms with Gasteiger partial charge < -0.3 is 4.90 Å². The molecule has 88 valence electrons. The number of aromatic nitrogens is 4. The molecule has 0 atom stereocenters. The molecule has 6 nitrogen and oxygen atoms in total. The smallest absolute Gasteiger partial charge is 0.254 e. The number of amides is 1. The Labute approximate surface area is 98.6 Å².